The minimum Gasteiger partial charge on any atom is -0.332 e. The second-order valence-corrected chi connectivity index (χ2v) is 4.49. The highest BCUT2D eigenvalue weighted by atomic mass is 35.5. The zero-order valence-corrected chi connectivity index (χ0v) is 11.2. The zero-order chi connectivity index (χ0) is 13.7. The van der Waals surface area contributed by atoms with Gasteiger partial charge in [-0.05, 0) is 24.6 Å². The third-order valence-electron chi connectivity index (χ3n) is 2.46. The second-order valence-electron chi connectivity index (χ2n) is 4.08. The molecule has 18 heavy (non-hydrogen) atoms. The number of hydrogen-bond donors (Lipinski definition) is 1. The van der Waals surface area contributed by atoms with E-state index in [0.29, 0.717) is 12.1 Å². The van der Waals surface area contributed by atoms with Gasteiger partial charge in [-0.2, -0.15) is 0 Å². The fourth-order valence-electron chi connectivity index (χ4n) is 1.35. The van der Waals surface area contributed by atoms with Crippen molar-refractivity contribution >= 4 is 17.6 Å². The number of nitrogens with zero attached hydrogens (tertiary/aromatic N) is 1. The standard InChI is InChI=1S/C13H16ClFN2O/c1-4-9(2)16-13(18)17(3)8-10-5-6-11(14)12(15)7-10/h4-7,9H,1,8H2,2-3H3,(H,16,18)/t9-/m1/s1. The molecule has 1 aromatic carbocycles. The van der Waals surface area contributed by atoms with Crippen LogP contribution in [0, 0.1) is 5.82 Å². The summed E-state index contributed by atoms with van der Waals surface area (Å²) in [5.74, 6) is -0.484. The fraction of sp³-hybridized carbons (Fsp3) is 0.308. The van der Waals surface area contributed by atoms with Crippen molar-refractivity contribution in [2.45, 2.75) is 19.5 Å². The number of rotatable bonds is 4. The van der Waals surface area contributed by atoms with Crippen LogP contribution in [0.1, 0.15) is 12.5 Å². The largest absolute Gasteiger partial charge is 0.332 e. The first-order valence-corrected chi connectivity index (χ1v) is 5.90. The first-order valence-electron chi connectivity index (χ1n) is 5.52. The van der Waals surface area contributed by atoms with Gasteiger partial charge >= 0.3 is 6.03 Å². The van der Waals surface area contributed by atoms with E-state index in [0.717, 1.165) is 0 Å². The van der Waals surface area contributed by atoms with Crippen molar-refractivity contribution in [3.8, 4) is 0 Å². The Hall–Kier alpha value is -1.55. The molecule has 0 saturated heterocycles. The lowest BCUT2D eigenvalue weighted by atomic mass is 10.2. The highest BCUT2D eigenvalue weighted by molar-refractivity contribution is 6.30. The maximum Gasteiger partial charge on any atom is 0.317 e. The third-order valence-corrected chi connectivity index (χ3v) is 2.76. The molecule has 0 aliphatic heterocycles. The van der Waals surface area contributed by atoms with Gasteiger partial charge in [-0.3, -0.25) is 0 Å². The molecule has 98 valence electrons. The van der Waals surface area contributed by atoms with Gasteiger partial charge in [-0.15, -0.1) is 6.58 Å². The van der Waals surface area contributed by atoms with E-state index in [1.165, 1.54) is 17.0 Å². The number of carbonyl (C=O) groups is 1. The van der Waals surface area contributed by atoms with Crippen molar-refractivity contribution in [3.05, 3.63) is 47.3 Å². The molecule has 0 heterocycles. The monoisotopic (exact) mass is 270 g/mol. The summed E-state index contributed by atoms with van der Waals surface area (Å²) in [5, 5.41) is 2.80. The summed E-state index contributed by atoms with van der Waals surface area (Å²) >= 11 is 5.59. The van der Waals surface area contributed by atoms with Gasteiger partial charge < -0.3 is 10.2 Å². The number of amides is 2. The predicted molar refractivity (Wildman–Crippen MR) is 71.1 cm³/mol. The quantitative estimate of drug-likeness (QED) is 0.838. The van der Waals surface area contributed by atoms with Crippen LogP contribution in [0.5, 0.6) is 0 Å². The highest BCUT2D eigenvalue weighted by Crippen LogP contribution is 2.16. The molecular formula is C13H16ClFN2O. The lowest BCUT2D eigenvalue weighted by Crippen LogP contribution is -2.40. The third kappa shape index (κ3) is 4.04. The molecule has 0 aromatic heterocycles. The van der Waals surface area contributed by atoms with Crippen LogP contribution >= 0.6 is 11.6 Å². The molecule has 0 spiro atoms. The highest BCUT2D eigenvalue weighted by Gasteiger charge is 2.11. The molecule has 0 aliphatic carbocycles. The summed E-state index contributed by atoms with van der Waals surface area (Å²) < 4.78 is 13.2. The van der Waals surface area contributed by atoms with Crippen LogP contribution in [0.15, 0.2) is 30.9 Å². The smallest absolute Gasteiger partial charge is 0.317 e. The van der Waals surface area contributed by atoms with E-state index >= 15 is 0 Å². The van der Waals surface area contributed by atoms with Crippen molar-refractivity contribution in [1.82, 2.24) is 10.2 Å². The molecule has 1 atom stereocenters. The maximum atomic E-state index is 13.2. The predicted octanol–water partition coefficient (Wildman–Crippen LogP) is 3.20. The van der Waals surface area contributed by atoms with Crippen molar-refractivity contribution in [2.75, 3.05) is 7.05 Å². The average Bonchev–Trinajstić information content (AvgIpc) is 2.33. The van der Waals surface area contributed by atoms with Gasteiger partial charge in [0, 0.05) is 19.6 Å². The molecule has 0 bridgehead atoms. The Bertz CT molecular complexity index is 451. The SMILES string of the molecule is C=C[C@@H](C)NC(=O)N(C)Cc1ccc(Cl)c(F)c1. The van der Waals surface area contributed by atoms with Crippen LogP contribution in [-0.4, -0.2) is 24.0 Å². The lowest BCUT2D eigenvalue weighted by Gasteiger charge is -2.20. The molecule has 1 N–H and O–H groups in total. The molecule has 5 heteroatoms. The molecule has 0 unspecified atom stereocenters. The Kier molecular flexibility index (Phi) is 5.16. The number of benzene rings is 1. The Balaban J connectivity index is 2.63. The topological polar surface area (TPSA) is 32.3 Å². The van der Waals surface area contributed by atoms with Gasteiger partial charge in [0.05, 0.1) is 5.02 Å². The van der Waals surface area contributed by atoms with Crippen LogP contribution in [-0.2, 0) is 6.54 Å². The minimum atomic E-state index is -0.484. The molecule has 0 radical (unpaired) electrons. The number of carbonyl (C=O) groups excluding carboxylic acids is 1. The first kappa shape index (κ1) is 14.5. The minimum absolute atomic E-state index is 0.0751. The van der Waals surface area contributed by atoms with E-state index in [2.05, 4.69) is 11.9 Å². The van der Waals surface area contributed by atoms with Crippen LogP contribution in [0.3, 0.4) is 0 Å². The Morgan fingerprint density at radius 3 is 2.89 bits per heavy atom. The number of hydrogen-bond acceptors (Lipinski definition) is 1. The van der Waals surface area contributed by atoms with E-state index in [4.69, 9.17) is 11.6 Å². The summed E-state index contributed by atoms with van der Waals surface area (Å²) in [6, 6.07) is 4.14. The molecule has 0 saturated carbocycles. The summed E-state index contributed by atoms with van der Waals surface area (Å²) in [4.78, 5) is 13.2. The van der Waals surface area contributed by atoms with Gasteiger partial charge in [0.25, 0.3) is 0 Å². The summed E-state index contributed by atoms with van der Waals surface area (Å²) in [7, 11) is 1.64. The van der Waals surface area contributed by atoms with E-state index < -0.39 is 5.82 Å². The van der Waals surface area contributed by atoms with Crippen molar-refractivity contribution in [3.63, 3.8) is 0 Å². The molecule has 3 nitrogen and oxygen atoms in total. The number of halogens is 2. The average molecular weight is 271 g/mol. The number of nitrogens with one attached hydrogen (secondary N) is 1. The summed E-state index contributed by atoms with van der Waals surface area (Å²) in [6.07, 6.45) is 1.63. The summed E-state index contributed by atoms with van der Waals surface area (Å²) in [5.41, 5.74) is 0.681. The second kappa shape index (κ2) is 6.40. The van der Waals surface area contributed by atoms with Crippen LogP contribution in [0.2, 0.25) is 5.02 Å². The van der Waals surface area contributed by atoms with Gasteiger partial charge in [0.1, 0.15) is 5.82 Å². The van der Waals surface area contributed by atoms with Crippen molar-refractivity contribution < 1.29 is 9.18 Å². The van der Waals surface area contributed by atoms with Gasteiger partial charge in [-0.25, -0.2) is 9.18 Å². The van der Waals surface area contributed by atoms with Crippen LogP contribution < -0.4 is 5.32 Å². The van der Waals surface area contributed by atoms with Gasteiger partial charge in [-0.1, -0.05) is 23.7 Å². The van der Waals surface area contributed by atoms with Crippen LogP contribution in [0.4, 0.5) is 9.18 Å². The Morgan fingerprint density at radius 1 is 1.67 bits per heavy atom. The molecule has 1 aromatic rings. The Labute approximate surface area is 111 Å². The molecule has 0 fully saturated rings. The van der Waals surface area contributed by atoms with Crippen LogP contribution in [0.25, 0.3) is 0 Å². The maximum absolute atomic E-state index is 13.2. The normalized spacial score (nSPS) is 11.8. The van der Waals surface area contributed by atoms with E-state index in [1.54, 1.807) is 19.2 Å². The Morgan fingerprint density at radius 2 is 2.33 bits per heavy atom. The van der Waals surface area contributed by atoms with Crippen molar-refractivity contribution in [1.29, 1.82) is 0 Å². The van der Waals surface area contributed by atoms with E-state index in [9.17, 15) is 9.18 Å². The summed E-state index contributed by atoms with van der Waals surface area (Å²) in [6.45, 7) is 5.71. The molecule has 0 aliphatic rings. The zero-order valence-electron chi connectivity index (χ0n) is 10.4. The van der Waals surface area contributed by atoms with E-state index in [1.807, 2.05) is 6.92 Å². The lowest BCUT2D eigenvalue weighted by molar-refractivity contribution is 0.205. The number of urea groups is 1. The van der Waals surface area contributed by atoms with Gasteiger partial charge in [0.15, 0.2) is 0 Å². The molecular weight excluding hydrogens is 255 g/mol. The van der Waals surface area contributed by atoms with Gasteiger partial charge in [0.2, 0.25) is 0 Å². The fourth-order valence-corrected chi connectivity index (χ4v) is 1.47. The van der Waals surface area contributed by atoms with Crippen molar-refractivity contribution in [2.24, 2.45) is 0 Å². The molecule has 2 amide bonds. The first-order chi connectivity index (χ1) is 8.43. The van der Waals surface area contributed by atoms with E-state index in [-0.39, 0.29) is 17.1 Å². The molecule has 1 rings (SSSR count).